The van der Waals surface area contributed by atoms with Crippen molar-refractivity contribution >= 4 is 17.7 Å². The maximum Gasteiger partial charge on any atom is 0.221 e. The molecule has 1 aromatic rings. The molecule has 0 aromatic heterocycles. The lowest BCUT2D eigenvalue weighted by Crippen LogP contribution is -2.38. The first-order valence-electron chi connectivity index (χ1n) is 7.70. The van der Waals surface area contributed by atoms with E-state index in [0.29, 0.717) is 6.42 Å². The Morgan fingerprint density at radius 2 is 2.14 bits per heavy atom. The van der Waals surface area contributed by atoms with Crippen molar-refractivity contribution in [2.24, 2.45) is 5.92 Å². The van der Waals surface area contributed by atoms with Crippen molar-refractivity contribution in [2.75, 3.05) is 12.4 Å². The predicted octanol–water partition coefficient (Wildman–Crippen LogP) is 3.06. The predicted molar refractivity (Wildman–Crippen MR) is 87.6 cm³/mol. The van der Waals surface area contributed by atoms with Crippen molar-refractivity contribution in [3.05, 3.63) is 29.3 Å². The van der Waals surface area contributed by atoms with Gasteiger partial charge in [-0.05, 0) is 49.9 Å². The molecule has 2 rings (SSSR count). The first-order chi connectivity index (χ1) is 10.1. The Morgan fingerprint density at radius 1 is 1.33 bits per heavy atom. The quantitative estimate of drug-likeness (QED) is 0.794. The van der Waals surface area contributed by atoms with E-state index in [9.17, 15) is 9.90 Å². The summed E-state index contributed by atoms with van der Waals surface area (Å²) in [5, 5.41) is 12.3. The van der Waals surface area contributed by atoms with Gasteiger partial charge in [0.2, 0.25) is 5.91 Å². The number of rotatable bonds is 6. The fraction of sp³-hybridized carbons (Fsp3) is 0.588. The number of thioether (sulfide) groups is 1. The SMILES string of the molecule is Cc1ccc(SCCC(=O)NC2CCCC2CO)cc1C. The molecule has 0 bridgehead atoms. The third kappa shape index (κ3) is 4.75. The number of carbonyl (C=O) groups excluding carboxylic acids is 1. The van der Waals surface area contributed by atoms with Gasteiger partial charge < -0.3 is 10.4 Å². The van der Waals surface area contributed by atoms with E-state index in [4.69, 9.17) is 0 Å². The summed E-state index contributed by atoms with van der Waals surface area (Å²) in [7, 11) is 0. The van der Waals surface area contributed by atoms with Crippen LogP contribution in [0.5, 0.6) is 0 Å². The topological polar surface area (TPSA) is 49.3 Å². The molecule has 4 heteroatoms. The van der Waals surface area contributed by atoms with Crippen molar-refractivity contribution in [2.45, 2.75) is 50.5 Å². The third-order valence-electron chi connectivity index (χ3n) is 4.32. The summed E-state index contributed by atoms with van der Waals surface area (Å²) >= 11 is 1.73. The smallest absolute Gasteiger partial charge is 0.221 e. The van der Waals surface area contributed by atoms with Crippen molar-refractivity contribution in [1.29, 1.82) is 0 Å². The van der Waals surface area contributed by atoms with E-state index in [1.54, 1.807) is 11.8 Å². The minimum absolute atomic E-state index is 0.108. The Bertz CT molecular complexity index is 490. The monoisotopic (exact) mass is 307 g/mol. The zero-order chi connectivity index (χ0) is 15.2. The van der Waals surface area contributed by atoms with E-state index in [0.717, 1.165) is 25.0 Å². The number of hydrogen-bond acceptors (Lipinski definition) is 3. The molecule has 2 unspecified atom stereocenters. The van der Waals surface area contributed by atoms with E-state index >= 15 is 0 Å². The van der Waals surface area contributed by atoms with Crippen LogP contribution in [0.3, 0.4) is 0 Å². The molecule has 1 saturated carbocycles. The molecule has 0 spiro atoms. The highest BCUT2D eigenvalue weighted by atomic mass is 32.2. The van der Waals surface area contributed by atoms with Crippen LogP contribution in [0.25, 0.3) is 0 Å². The van der Waals surface area contributed by atoms with Crippen LogP contribution in [-0.4, -0.2) is 29.4 Å². The molecule has 1 aliphatic carbocycles. The summed E-state index contributed by atoms with van der Waals surface area (Å²) < 4.78 is 0. The Labute approximate surface area is 131 Å². The highest BCUT2D eigenvalue weighted by Gasteiger charge is 2.27. The summed E-state index contributed by atoms with van der Waals surface area (Å²) in [5.74, 6) is 1.16. The van der Waals surface area contributed by atoms with E-state index in [2.05, 4.69) is 37.4 Å². The standard InChI is InChI=1S/C17H25NO2S/c1-12-6-7-15(10-13(12)2)21-9-8-17(20)18-16-5-3-4-14(16)11-19/h6-7,10,14,16,19H,3-5,8-9,11H2,1-2H3,(H,18,20). The van der Waals surface area contributed by atoms with Crippen LogP contribution >= 0.6 is 11.8 Å². The van der Waals surface area contributed by atoms with Crippen LogP contribution < -0.4 is 5.32 Å². The highest BCUT2D eigenvalue weighted by molar-refractivity contribution is 7.99. The van der Waals surface area contributed by atoms with Gasteiger partial charge in [0.25, 0.3) is 0 Å². The van der Waals surface area contributed by atoms with Crippen molar-refractivity contribution in [1.82, 2.24) is 5.32 Å². The van der Waals surface area contributed by atoms with Gasteiger partial charge in [0.05, 0.1) is 0 Å². The average Bonchev–Trinajstić information content (AvgIpc) is 2.90. The van der Waals surface area contributed by atoms with Gasteiger partial charge in [-0.3, -0.25) is 4.79 Å². The molecular formula is C17H25NO2S. The number of aryl methyl sites for hydroxylation is 2. The number of aliphatic hydroxyl groups is 1. The highest BCUT2D eigenvalue weighted by Crippen LogP contribution is 2.25. The number of aliphatic hydroxyl groups excluding tert-OH is 1. The molecule has 0 saturated heterocycles. The molecule has 21 heavy (non-hydrogen) atoms. The van der Waals surface area contributed by atoms with E-state index in [1.807, 2.05) is 0 Å². The Morgan fingerprint density at radius 3 is 2.86 bits per heavy atom. The molecule has 1 aromatic carbocycles. The lowest BCUT2D eigenvalue weighted by Gasteiger charge is -2.18. The fourth-order valence-electron chi connectivity index (χ4n) is 2.79. The average molecular weight is 307 g/mol. The number of carbonyl (C=O) groups is 1. The number of nitrogens with one attached hydrogen (secondary N) is 1. The van der Waals surface area contributed by atoms with Gasteiger partial charge in [-0.2, -0.15) is 0 Å². The normalized spacial score (nSPS) is 21.5. The van der Waals surface area contributed by atoms with E-state index < -0.39 is 0 Å². The molecule has 1 amide bonds. The summed E-state index contributed by atoms with van der Waals surface area (Å²) in [6, 6.07) is 6.59. The van der Waals surface area contributed by atoms with Gasteiger partial charge in [-0.1, -0.05) is 12.5 Å². The van der Waals surface area contributed by atoms with Gasteiger partial charge in [-0.25, -0.2) is 0 Å². The fourth-order valence-corrected chi connectivity index (χ4v) is 3.74. The van der Waals surface area contributed by atoms with Crippen LogP contribution in [0, 0.1) is 19.8 Å². The second kappa shape index (κ2) is 7.85. The number of benzene rings is 1. The zero-order valence-corrected chi connectivity index (χ0v) is 13.7. The van der Waals surface area contributed by atoms with Crippen LogP contribution in [-0.2, 0) is 4.79 Å². The van der Waals surface area contributed by atoms with Crippen molar-refractivity contribution in [3.8, 4) is 0 Å². The largest absolute Gasteiger partial charge is 0.396 e. The van der Waals surface area contributed by atoms with Crippen molar-refractivity contribution in [3.63, 3.8) is 0 Å². The number of amides is 1. The minimum Gasteiger partial charge on any atom is -0.396 e. The van der Waals surface area contributed by atoms with Gasteiger partial charge >= 0.3 is 0 Å². The number of hydrogen-bond donors (Lipinski definition) is 2. The van der Waals surface area contributed by atoms with Gasteiger partial charge in [0.1, 0.15) is 0 Å². The second-order valence-electron chi connectivity index (χ2n) is 5.89. The third-order valence-corrected chi connectivity index (χ3v) is 5.31. The molecule has 0 radical (unpaired) electrons. The lowest BCUT2D eigenvalue weighted by molar-refractivity contribution is -0.121. The molecule has 116 valence electrons. The molecule has 2 atom stereocenters. The van der Waals surface area contributed by atoms with Crippen LogP contribution in [0.2, 0.25) is 0 Å². The first-order valence-corrected chi connectivity index (χ1v) is 8.69. The molecule has 3 nitrogen and oxygen atoms in total. The molecule has 1 aliphatic rings. The van der Waals surface area contributed by atoms with E-state index in [-0.39, 0.29) is 24.5 Å². The molecule has 2 N–H and O–H groups in total. The van der Waals surface area contributed by atoms with Crippen LogP contribution in [0.1, 0.15) is 36.8 Å². The summed E-state index contributed by atoms with van der Waals surface area (Å²) in [5.41, 5.74) is 2.59. The second-order valence-corrected chi connectivity index (χ2v) is 7.06. The zero-order valence-electron chi connectivity index (χ0n) is 12.9. The maximum atomic E-state index is 12.0. The minimum atomic E-state index is 0.108. The maximum absolute atomic E-state index is 12.0. The molecular weight excluding hydrogens is 282 g/mol. The Balaban J connectivity index is 1.72. The molecule has 0 aliphatic heterocycles. The molecule has 1 fully saturated rings. The summed E-state index contributed by atoms with van der Waals surface area (Å²) in [6.07, 6.45) is 3.67. The Kier molecular flexibility index (Phi) is 6.12. The summed E-state index contributed by atoms with van der Waals surface area (Å²) in [6.45, 7) is 4.40. The lowest BCUT2D eigenvalue weighted by atomic mass is 10.1. The van der Waals surface area contributed by atoms with Crippen LogP contribution in [0.15, 0.2) is 23.1 Å². The summed E-state index contributed by atoms with van der Waals surface area (Å²) in [4.78, 5) is 13.2. The Hall–Kier alpha value is -1.00. The van der Waals surface area contributed by atoms with Gasteiger partial charge in [0.15, 0.2) is 0 Å². The van der Waals surface area contributed by atoms with Crippen molar-refractivity contribution < 1.29 is 9.90 Å². The van der Waals surface area contributed by atoms with Crippen LogP contribution in [0.4, 0.5) is 0 Å². The van der Waals surface area contributed by atoms with E-state index in [1.165, 1.54) is 16.0 Å². The van der Waals surface area contributed by atoms with Gasteiger partial charge in [0, 0.05) is 35.6 Å². The van der Waals surface area contributed by atoms with Gasteiger partial charge in [-0.15, -0.1) is 11.8 Å². The first kappa shape index (κ1) is 16.4. The molecule has 0 heterocycles.